The molecule has 1 aliphatic carbocycles. The summed E-state index contributed by atoms with van der Waals surface area (Å²) in [6.07, 6.45) is 5.81. The van der Waals surface area contributed by atoms with Crippen molar-refractivity contribution >= 4 is 12.0 Å². The van der Waals surface area contributed by atoms with Crippen LogP contribution < -0.4 is 16.4 Å². The average Bonchev–Trinajstić information content (AvgIpc) is 2.64. The Morgan fingerprint density at radius 3 is 2.23 bits per heavy atom. The van der Waals surface area contributed by atoms with Gasteiger partial charge in [0.15, 0.2) is 0 Å². The topological polar surface area (TPSA) is 114 Å². The molecule has 2 amide bonds. The Morgan fingerprint density at radius 2 is 1.67 bits per heavy atom. The summed E-state index contributed by atoms with van der Waals surface area (Å²) in [7, 11) is 0. The second kappa shape index (κ2) is 11.7. The fraction of sp³-hybridized carbons (Fsp3) is 0.826. The van der Waals surface area contributed by atoms with Crippen LogP contribution in [0.1, 0.15) is 79.6 Å². The molecule has 0 spiro atoms. The van der Waals surface area contributed by atoms with E-state index in [4.69, 9.17) is 10.5 Å². The summed E-state index contributed by atoms with van der Waals surface area (Å²) in [5, 5.41) is 16.0. The minimum atomic E-state index is -0.771. The fourth-order valence-electron chi connectivity index (χ4n) is 3.59. The second-order valence-electron chi connectivity index (χ2n) is 10.5. The Labute approximate surface area is 182 Å². The highest BCUT2D eigenvalue weighted by atomic mass is 16.6. The van der Waals surface area contributed by atoms with Crippen LogP contribution in [0.2, 0.25) is 0 Å². The van der Waals surface area contributed by atoms with Gasteiger partial charge in [0.25, 0.3) is 0 Å². The van der Waals surface area contributed by atoms with Crippen molar-refractivity contribution in [2.45, 2.75) is 97.3 Å². The largest absolute Gasteiger partial charge is 0.444 e. The zero-order chi connectivity index (χ0) is 22.9. The van der Waals surface area contributed by atoms with Gasteiger partial charge in [-0.15, -0.1) is 0 Å². The number of hydrogen-bond acceptors (Lipinski definition) is 5. The first-order valence-corrected chi connectivity index (χ1v) is 11.2. The Kier molecular flexibility index (Phi) is 10.3. The highest BCUT2D eigenvalue weighted by Gasteiger charge is 2.25. The van der Waals surface area contributed by atoms with Gasteiger partial charge in [-0.2, -0.15) is 0 Å². The lowest BCUT2D eigenvalue weighted by atomic mass is 9.83. The first kappa shape index (κ1) is 26.4. The highest BCUT2D eigenvalue weighted by Crippen LogP contribution is 2.28. The van der Waals surface area contributed by atoms with E-state index in [-0.39, 0.29) is 23.8 Å². The Bertz CT molecular complexity index is 577. The summed E-state index contributed by atoms with van der Waals surface area (Å²) in [5.41, 5.74) is 5.56. The number of nitrogens with one attached hydrogen (secondary N) is 2. The van der Waals surface area contributed by atoms with Crippen LogP contribution in [0, 0.1) is 11.3 Å². The van der Waals surface area contributed by atoms with Crippen LogP contribution in [0.25, 0.3) is 0 Å². The smallest absolute Gasteiger partial charge is 0.407 e. The van der Waals surface area contributed by atoms with E-state index in [0.29, 0.717) is 24.6 Å². The van der Waals surface area contributed by atoms with Crippen molar-refractivity contribution < 1.29 is 19.4 Å². The molecule has 0 bridgehead atoms. The van der Waals surface area contributed by atoms with E-state index in [2.05, 4.69) is 17.2 Å². The van der Waals surface area contributed by atoms with Crippen LogP contribution in [0.5, 0.6) is 0 Å². The molecule has 7 nitrogen and oxygen atoms in total. The number of rotatable bonds is 10. The van der Waals surface area contributed by atoms with Crippen LogP contribution in [0.4, 0.5) is 4.79 Å². The van der Waals surface area contributed by atoms with Gasteiger partial charge in [0.2, 0.25) is 5.91 Å². The Hall–Kier alpha value is -1.60. The minimum absolute atomic E-state index is 0.163. The molecule has 1 saturated carbocycles. The normalized spacial score (nSPS) is 17.7. The van der Waals surface area contributed by atoms with Gasteiger partial charge in [-0.25, -0.2) is 4.79 Å². The lowest BCUT2D eigenvalue weighted by Crippen LogP contribution is -2.44. The second-order valence-corrected chi connectivity index (χ2v) is 10.5. The third kappa shape index (κ3) is 11.0. The predicted octanol–water partition coefficient (Wildman–Crippen LogP) is 3.26. The molecule has 0 aliphatic heterocycles. The summed E-state index contributed by atoms with van der Waals surface area (Å²) in [6.45, 7) is 13.8. The van der Waals surface area contributed by atoms with Crippen LogP contribution in [0.3, 0.4) is 0 Å². The Morgan fingerprint density at radius 1 is 1.10 bits per heavy atom. The molecule has 1 rings (SSSR count). The zero-order valence-electron chi connectivity index (χ0n) is 19.6. The van der Waals surface area contributed by atoms with Crippen molar-refractivity contribution in [1.82, 2.24) is 10.6 Å². The van der Waals surface area contributed by atoms with Crippen LogP contribution in [-0.4, -0.2) is 47.9 Å². The lowest BCUT2D eigenvalue weighted by molar-refractivity contribution is -0.118. The monoisotopic (exact) mass is 425 g/mol. The third-order valence-corrected chi connectivity index (χ3v) is 5.44. The van der Waals surface area contributed by atoms with Gasteiger partial charge in [-0.3, -0.25) is 4.79 Å². The maximum atomic E-state index is 12.4. The summed E-state index contributed by atoms with van der Waals surface area (Å²) >= 11 is 0. The lowest BCUT2D eigenvalue weighted by Gasteiger charge is -2.28. The molecular weight excluding hydrogens is 382 g/mol. The van der Waals surface area contributed by atoms with E-state index in [1.807, 2.05) is 13.8 Å². The molecule has 30 heavy (non-hydrogen) atoms. The number of ether oxygens (including phenoxy) is 1. The SMILES string of the molecule is C=C(CC(O)C(N)CC1CCCCC1)C(=O)NCC(C)(C)CNC(=O)OC(C)(C)C. The van der Waals surface area contributed by atoms with Crippen LogP contribution in [0.15, 0.2) is 12.2 Å². The van der Waals surface area contributed by atoms with Crippen molar-refractivity contribution in [2.24, 2.45) is 17.1 Å². The van der Waals surface area contributed by atoms with Gasteiger partial charge in [-0.05, 0) is 38.5 Å². The number of carbonyl (C=O) groups excluding carboxylic acids is 2. The van der Waals surface area contributed by atoms with Crippen molar-refractivity contribution in [3.63, 3.8) is 0 Å². The summed E-state index contributed by atoms with van der Waals surface area (Å²) in [6, 6.07) is -0.341. The number of aliphatic hydroxyl groups is 1. The molecule has 0 saturated heterocycles. The van der Waals surface area contributed by atoms with Crippen molar-refractivity contribution in [3.8, 4) is 0 Å². The number of nitrogens with two attached hydrogens (primary N) is 1. The molecule has 0 aromatic heterocycles. The standard InChI is InChI=1S/C23H43N3O4/c1-16(12-19(27)18(24)13-17-10-8-7-9-11-17)20(28)25-14-23(5,6)15-26-21(29)30-22(2,3)4/h17-19,27H,1,7-15,24H2,2-6H3,(H,25,28)(H,26,29). The first-order chi connectivity index (χ1) is 13.8. The number of aliphatic hydroxyl groups excluding tert-OH is 1. The zero-order valence-corrected chi connectivity index (χ0v) is 19.6. The summed E-state index contributed by atoms with van der Waals surface area (Å²) in [4.78, 5) is 24.2. The van der Waals surface area contributed by atoms with Gasteiger partial charge in [0.05, 0.1) is 6.10 Å². The quantitative estimate of drug-likeness (QED) is 0.401. The van der Waals surface area contributed by atoms with Crippen LogP contribution >= 0.6 is 0 Å². The summed E-state index contributed by atoms with van der Waals surface area (Å²) in [5.74, 6) is 0.271. The molecule has 0 heterocycles. The molecule has 0 aromatic rings. The molecule has 7 heteroatoms. The molecule has 1 aliphatic rings. The molecular formula is C23H43N3O4. The molecule has 1 fully saturated rings. The van der Waals surface area contributed by atoms with Crippen molar-refractivity contribution in [2.75, 3.05) is 13.1 Å². The molecule has 2 atom stereocenters. The average molecular weight is 426 g/mol. The number of alkyl carbamates (subject to hydrolysis) is 1. The van der Waals surface area contributed by atoms with E-state index >= 15 is 0 Å². The van der Waals surface area contributed by atoms with Crippen molar-refractivity contribution in [1.29, 1.82) is 0 Å². The van der Waals surface area contributed by atoms with E-state index in [1.165, 1.54) is 32.1 Å². The van der Waals surface area contributed by atoms with E-state index in [9.17, 15) is 14.7 Å². The minimum Gasteiger partial charge on any atom is -0.444 e. The van der Waals surface area contributed by atoms with E-state index in [0.717, 1.165) is 6.42 Å². The Balaban J connectivity index is 2.36. The van der Waals surface area contributed by atoms with Crippen molar-refractivity contribution in [3.05, 3.63) is 12.2 Å². The van der Waals surface area contributed by atoms with E-state index in [1.54, 1.807) is 20.8 Å². The molecule has 0 aromatic carbocycles. The van der Waals surface area contributed by atoms with Crippen LogP contribution in [-0.2, 0) is 9.53 Å². The predicted molar refractivity (Wildman–Crippen MR) is 120 cm³/mol. The highest BCUT2D eigenvalue weighted by molar-refractivity contribution is 5.92. The maximum Gasteiger partial charge on any atom is 0.407 e. The molecule has 5 N–H and O–H groups in total. The summed E-state index contributed by atoms with van der Waals surface area (Å²) < 4.78 is 5.23. The first-order valence-electron chi connectivity index (χ1n) is 11.2. The number of carbonyl (C=O) groups is 2. The van der Waals surface area contributed by atoms with Gasteiger partial charge in [0.1, 0.15) is 5.60 Å². The van der Waals surface area contributed by atoms with Gasteiger partial charge in [-0.1, -0.05) is 52.5 Å². The fourth-order valence-corrected chi connectivity index (χ4v) is 3.59. The number of amides is 2. The van der Waals surface area contributed by atoms with Gasteiger partial charge < -0.3 is 26.2 Å². The third-order valence-electron chi connectivity index (χ3n) is 5.44. The van der Waals surface area contributed by atoms with E-state index < -0.39 is 17.8 Å². The van der Waals surface area contributed by atoms with Gasteiger partial charge >= 0.3 is 6.09 Å². The number of hydrogen-bond donors (Lipinski definition) is 4. The molecule has 174 valence electrons. The molecule has 0 radical (unpaired) electrons. The molecule has 2 unspecified atom stereocenters. The van der Waals surface area contributed by atoms with Gasteiger partial charge in [0, 0.05) is 31.1 Å². The maximum absolute atomic E-state index is 12.4.